The van der Waals surface area contributed by atoms with Gasteiger partial charge in [0.05, 0.1) is 12.6 Å². The van der Waals surface area contributed by atoms with Gasteiger partial charge in [-0.1, -0.05) is 5.16 Å². The van der Waals surface area contributed by atoms with Crippen LogP contribution in [0.25, 0.3) is 11.4 Å². The Morgan fingerprint density at radius 3 is 2.86 bits per heavy atom. The molecule has 0 N–H and O–H groups in total. The topological polar surface area (TPSA) is 78.7 Å². The summed E-state index contributed by atoms with van der Waals surface area (Å²) in [5, 5.41) is 8.16. The maximum Gasteiger partial charge on any atom is 0.250 e. The van der Waals surface area contributed by atoms with Crippen LogP contribution in [0, 0.1) is 0 Å². The lowest BCUT2D eigenvalue weighted by Gasteiger charge is -1.97. The van der Waals surface area contributed by atoms with Crippen molar-refractivity contribution in [1.29, 1.82) is 0 Å². The summed E-state index contributed by atoms with van der Waals surface area (Å²) >= 11 is 0. The van der Waals surface area contributed by atoms with Gasteiger partial charge in [0.15, 0.2) is 0 Å². The maximum absolute atomic E-state index is 11.4. The number of hydrogen-bond donors (Lipinski definition) is 0. The molecule has 7 nitrogen and oxygen atoms in total. The minimum atomic E-state index is -0.0746. The summed E-state index contributed by atoms with van der Waals surface area (Å²) in [5.74, 6) is 0.998. The number of pyridine rings is 1. The first kappa shape index (κ1) is 13.3. The highest BCUT2D eigenvalue weighted by Gasteiger charge is 2.11. The standard InChI is InChI=1S/C14H15N5O2/c1-3-19-8-10(7-15-19)6-12-16-14(17-21-12)11-4-5-13(20)18(2)9-11/h4-5,7-9H,3,6H2,1-2H3. The summed E-state index contributed by atoms with van der Waals surface area (Å²) in [4.78, 5) is 15.7. The second kappa shape index (κ2) is 5.35. The van der Waals surface area contributed by atoms with Crippen molar-refractivity contribution < 1.29 is 4.52 Å². The Hall–Kier alpha value is -2.70. The Bertz CT molecular complexity index is 815. The molecule has 3 aromatic rings. The van der Waals surface area contributed by atoms with Crippen molar-refractivity contribution >= 4 is 0 Å². The van der Waals surface area contributed by atoms with E-state index >= 15 is 0 Å². The van der Waals surface area contributed by atoms with Crippen LogP contribution in [0.2, 0.25) is 0 Å². The average Bonchev–Trinajstić information content (AvgIpc) is 3.11. The molecular weight excluding hydrogens is 270 g/mol. The van der Waals surface area contributed by atoms with Crippen LogP contribution in [0.1, 0.15) is 18.4 Å². The fourth-order valence-electron chi connectivity index (χ4n) is 2.02. The second-order valence-corrected chi connectivity index (χ2v) is 4.76. The molecule has 0 aliphatic carbocycles. The van der Waals surface area contributed by atoms with Crippen LogP contribution in [-0.4, -0.2) is 24.5 Å². The highest BCUT2D eigenvalue weighted by atomic mass is 16.5. The van der Waals surface area contributed by atoms with E-state index in [0.717, 1.165) is 17.7 Å². The van der Waals surface area contributed by atoms with Crippen molar-refractivity contribution in [2.45, 2.75) is 19.9 Å². The Kier molecular flexibility index (Phi) is 3.39. The molecule has 0 saturated carbocycles. The molecule has 3 heterocycles. The van der Waals surface area contributed by atoms with Gasteiger partial charge >= 0.3 is 0 Å². The van der Waals surface area contributed by atoms with Crippen LogP contribution >= 0.6 is 0 Å². The minimum Gasteiger partial charge on any atom is -0.339 e. The smallest absolute Gasteiger partial charge is 0.250 e. The van der Waals surface area contributed by atoms with Crippen molar-refractivity contribution in [3.05, 3.63) is 52.5 Å². The van der Waals surface area contributed by atoms with E-state index in [2.05, 4.69) is 15.2 Å². The van der Waals surface area contributed by atoms with E-state index < -0.39 is 0 Å². The molecule has 3 rings (SSSR count). The molecule has 0 saturated heterocycles. The molecule has 7 heteroatoms. The largest absolute Gasteiger partial charge is 0.339 e. The first-order valence-corrected chi connectivity index (χ1v) is 6.66. The minimum absolute atomic E-state index is 0.0746. The average molecular weight is 285 g/mol. The van der Waals surface area contributed by atoms with E-state index in [1.165, 1.54) is 10.6 Å². The van der Waals surface area contributed by atoms with Gasteiger partial charge in [0, 0.05) is 37.6 Å². The molecule has 0 aliphatic rings. The first-order chi connectivity index (χ1) is 10.2. The van der Waals surface area contributed by atoms with Crippen molar-refractivity contribution in [2.75, 3.05) is 0 Å². The fourth-order valence-corrected chi connectivity index (χ4v) is 2.02. The number of aryl methyl sites for hydroxylation is 2. The lowest BCUT2D eigenvalue weighted by Crippen LogP contribution is -2.14. The van der Waals surface area contributed by atoms with Gasteiger partial charge in [0.1, 0.15) is 0 Å². The zero-order chi connectivity index (χ0) is 14.8. The molecule has 21 heavy (non-hydrogen) atoms. The molecule has 0 atom stereocenters. The molecule has 0 radical (unpaired) electrons. The molecule has 108 valence electrons. The summed E-state index contributed by atoms with van der Waals surface area (Å²) in [6.45, 7) is 2.86. The third kappa shape index (κ3) is 2.76. The number of nitrogens with zero attached hydrogens (tertiary/aromatic N) is 5. The molecule has 3 aromatic heterocycles. The summed E-state index contributed by atoms with van der Waals surface area (Å²) in [5.41, 5.74) is 1.69. The monoisotopic (exact) mass is 285 g/mol. The summed E-state index contributed by atoms with van der Waals surface area (Å²) in [6.07, 6.45) is 5.97. The van der Waals surface area contributed by atoms with Gasteiger partial charge in [-0.2, -0.15) is 10.1 Å². The first-order valence-electron chi connectivity index (χ1n) is 6.66. The van der Waals surface area contributed by atoms with Crippen LogP contribution in [0.5, 0.6) is 0 Å². The Balaban J connectivity index is 1.82. The van der Waals surface area contributed by atoms with Crippen LogP contribution in [0.4, 0.5) is 0 Å². The predicted molar refractivity (Wildman–Crippen MR) is 75.7 cm³/mol. The molecule has 0 aromatic carbocycles. The van der Waals surface area contributed by atoms with Crippen molar-refractivity contribution in [2.24, 2.45) is 7.05 Å². The van der Waals surface area contributed by atoms with E-state index in [0.29, 0.717) is 18.1 Å². The lowest BCUT2D eigenvalue weighted by atomic mass is 10.2. The summed E-state index contributed by atoms with van der Waals surface area (Å²) in [7, 11) is 1.69. The number of hydrogen-bond acceptors (Lipinski definition) is 5. The van der Waals surface area contributed by atoms with E-state index in [1.54, 1.807) is 25.5 Å². The number of rotatable bonds is 4. The third-order valence-corrected chi connectivity index (χ3v) is 3.18. The molecule has 0 spiro atoms. The van der Waals surface area contributed by atoms with Crippen molar-refractivity contribution in [3.8, 4) is 11.4 Å². The van der Waals surface area contributed by atoms with Crippen LogP contribution in [-0.2, 0) is 20.0 Å². The van der Waals surface area contributed by atoms with E-state index in [4.69, 9.17) is 4.52 Å². The van der Waals surface area contributed by atoms with Gasteiger partial charge < -0.3 is 9.09 Å². The molecule has 0 fully saturated rings. The van der Waals surface area contributed by atoms with Crippen molar-refractivity contribution in [1.82, 2.24) is 24.5 Å². The molecular formula is C14H15N5O2. The highest BCUT2D eigenvalue weighted by molar-refractivity contribution is 5.52. The quantitative estimate of drug-likeness (QED) is 0.720. The van der Waals surface area contributed by atoms with Crippen LogP contribution in [0.3, 0.4) is 0 Å². The van der Waals surface area contributed by atoms with Gasteiger partial charge in [-0.15, -0.1) is 0 Å². The van der Waals surface area contributed by atoms with Gasteiger partial charge in [0.2, 0.25) is 17.3 Å². The molecule has 0 unspecified atom stereocenters. The predicted octanol–water partition coefficient (Wildman–Crippen LogP) is 1.24. The van der Waals surface area contributed by atoms with Gasteiger partial charge in [-0.05, 0) is 18.6 Å². The van der Waals surface area contributed by atoms with Gasteiger partial charge in [0.25, 0.3) is 0 Å². The molecule has 0 amide bonds. The SMILES string of the molecule is CCn1cc(Cc2nc(-c3ccc(=O)n(C)c3)no2)cn1. The van der Waals surface area contributed by atoms with Crippen LogP contribution < -0.4 is 5.56 Å². The van der Waals surface area contributed by atoms with Crippen molar-refractivity contribution in [3.63, 3.8) is 0 Å². The molecule has 0 aliphatic heterocycles. The fraction of sp³-hybridized carbons (Fsp3) is 0.286. The molecule has 0 bridgehead atoms. The van der Waals surface area contributed by atoms with Gasteiger partial charge in [-0.3, -0.25) is 9.48 Å². The zero-order valence-electron chi connectivity index (χ0n) is 11.9. The van der Waals surface area contributed by atoms with E-state index in [9.17, 15) is 4.79 Å². The second-order valence-electron chi connectivity index (χ2n) is 4.76. The Morgan fingerprint density at radius 1 is 1.29 bits per heavy atom. The van der Waals surface area contributed by atoms with Gasteiger partial charge in [-0.25, -0.2) is 0 Å². The highest BCUT2D eigenvalue weighted by Crippen LogP contribution is 2.15. The number of aromatic nitrogens is 5. The Labute approximate surface area is 120 Å². The zero-order valence-corrected chi connectivity index (χ0v) is 11.9. The Morgan fingerprint density at radius 2 is 2.14 bits per heavy atom. The summed E-state index contributed by atoms with van der Waals surface area (Å²) < 4.78 is 8.58. The maximum atomic E-state index is 11.4. The lowest BCUT2D eigenvalue weighted by molar-refractivity contribution is 0.385. The normalized spacial score (nSPS) is 11.0. The van der Waals surface area contributed by atoms with Crippen LogP contribution in [0.15, 0.2) is 40.0 Å². The third-order valence-electron chi connectivity index (χ3n) is 3.18. The summed E-state index contributed by atoms with van der Waals surface area (Å²) in [6, 6.07) is 3.17. The van der Waals surface area contributed by atoms with E-state index in [-0.39, 0.29) is 5.56 Å². The van der Waals surface area contributed by atoms with E-state index in [1.807, 2.05) is 17.8 Å².